The van der Waals surface area contributed by atoms with E-state index in [9.17, 15) is 9.59 Å². The Morgan fingerprint density at radius 1 is 1.08 bits per heavy atom. The SMILES string of the molecule is Cc1noc(C)c1CC(=O)Nc1cccc(C(=O)Nc2ccccn2)c1. The molecule has 2 N–H and O–H groups in total. The summed E-state index contributed by atoms with van der Waals surface area (Å²) in [4.78, 5) is 28.6. The van der Waals surface area contributed by atoms with Crippen LogP contribution in [-0.4, -0.2) is 22.0 Å². The van der Waals surface area contributed by atoms with Crippen LogP contribution in [0.25, 0.3) is 0 Å². The van der Waals surface area contributed by atoms with Gasteiger partial charge in [-0.2, -0.15) is 0 Å². The van der Waals surface area contributed by atoms with Gasteiger partial charge in [-0.1, -0.05) is 17.3 Å². The van der Waals surface area contributed by atoms with E-state index in [-0.39, 0.29) is 18.2 Å². The fourth-order valence-corrected chi connectivity index (χ4v) is 2.48. The van der Waals surface area contributed by atoms with Crippen molar-refractivity contribution >= 4 is 23.3 Å². The monoisotopic (exact) mass is 350 g/mol. The summed E-state index contributed by atoms with van der Waals surface area (Å²) in [5.74, 6) is 0.582. The third kappa shape index (κ3) is 4.13. The second-order valence-electron chi connectivity index (χ2n) is 5.78. The number of benzene rings is 1. The van der Waals surface area contributed by atoms with Crippen molar-refractivity contribution in [2.24, 2.45) is 0 Å². The van der Waals surface area contributed by atoms with E-state index in [2.05, 4.69) is 20.8 Å². The summed E-state index contributed by atoms with van der Waals surface area (Å²) in [6.07, 6.45) is 1.76. The van der Waals surface area contributed by atoms with Crippen molar-refractivity contribution in [3.8, 4) is 0 Å². The van der Waals surface area contributed by atoms with Crippen molar-refractivity contribution < 1.29 is 14.1 Å². The van der Waals surface area contributed by atoms with Crippen LogP contribution in [0.1, 0.15) is 27.4 Å². The van der Waals surface area contributed by atoms with Crippen LogP contribution in [0.4, 0.5) is 11.5 Å². The summed E-state index contributed by atoms with van der Waals surface area (Å²) in [6.45, 7) is 3.56. The van der Waals surface area contributed by atoms with Gasteiger partial charge in [0.2, 0.25) is 5.91 Å². The maximum Gasteiger partial charge on any atom is 0.256 e. The number of hydrogen-bond donors (Lipinski definition) is 2. The molecule has 7 nitrogen and oxygen atoms in total. The molecule has 0 saturated carbocycles. The predicted molar refractivity (Wildman–Crippen MR) is 96.9 cm³/mol. The van der Waals surface area contributed by atoms with E-state index in [1.54, 1.807) is 62.5 Å². The molecule has 0 unspecified atom stereocenters. The Bertz CT molecular complexity index is 915. The lowest BCUT2D eigenvalue weighted by atomic mass is 10.1. The molecule has 7 heteroatoms. The number of aromatic nitrogens is 2. The summed E-state index contributed by atoms with van der Waals surface area (Å²) in [7, 11) is 0. The van der Waals surface area contributed by atoms with E-state index in [1.807, 2.05) is 0 Å². The fraction of sp³-hybridized carbons (Fsp3) is 0.158. The molecule has 26 heavy (non-hydrogen) atoms. The lowest BCUT2D eigenvalue weighted by Crippen LogP contribution is -2.16. The van der Waals surface area contributed by atoms with Crippen LogP contribution < -0.4 is 10.6 Å². The molecule has 0 aliphatic heterocycles. The zero-order valence-electron chi connectivity index (χ0n) is 14.4. The van der Waals surface area contributed by atoms with Crippen molar-refractivity contribution in [1.82, 2.24) is 10.1 Å². The van der Waals surface area contributed by atoms with Gasteiger partial charge in [-0.3, -0.25) is 9.59 Å². The first-order valence-corrected chi connectivity index (χ1v) is 8.07. The van der Waals surface area contributed by atoms with Crippen molar-refractivity contribution in [1.29, 1.82) is 0 Å². The standard InChI is InChI=1S/C19H18N4O3/c1-12-16(13(2)26-23-12)11-18(24)21-15-7-5-6-14(10-15)19(25)22-17-8-3-4-9-20-17/h3-10H,11H2,1-2H3,(H,21,24)(H,20,22,25). The minimum Gasteiger partial charge on any atom is -0.361 e. The van der Waals surface area contributed by atoms with Crippen LogP contribution in [0.2, 0.25) is 0 Å². The lowest BCUT2D eigenvalue weighted by Gasteiger charge is -2.08. The normalized spacial score (nSPS) is 10.4. The van der Waals surface area contributed by atoms with Gasteiger partial charge in [-0.15, -0.1) is 0 Å². The van der Waals surface area contributed by atoms with Crippen LogP contribution in [-0.2, 0) is 11.2 Å². The van der Waals surface area contributed by atoms with Gasteiger partial charge in [0.25, 0.3) is 5.91 Å². The molecule has 0 aliphatic rings. The number of carbonyl (C=O) groups excluding carboxylic acids is 2. The van der Waals surface area contributed by atoms with Crippen molar-refractivity contribution in [2.45, 2.75) is 20.3 Å². The van der Waals surface area contributed by atoms with Crippen LogP contribution >= 0.6 is 0 Å². The average molecular weight is 350 g/mol. The van der Waals surface area contributed by atoms with E-state index in [4.69, 9.17) is 4.52 Å². The van der Waals surface area contributed by atoms with Crippen molar-refractivity contribution in [2.75, 3.05) is 10.6 Å². The number of hydrogen-bond acceptors (Lipinski definition) is 5. The Morgan fingerprint density at radius 3 is 2.62 bits per heavy atom. The highest BCUT2D eigenvalue weighted by Crippen LogP contribution is 2.16. The lowest BCUT2D eigenvalue weighted by molar-refractivity contribution is -0.115. The third-order valence-electron chi connectivity index (χ3n) is 3.83. The van der Waals surface area contributed by atoms with Crippen LogP contribution in [0.3, 0.4) is 0 Å². The molecule has 132 valence electrons. The summed E-state index contributed by atoms with van der Waals surface area (Å²) < 4.78 is 5.06. The number of pyridine rings is 1. The number of nitrogens with zero attached hydrogens (tertiary/aromatic N) is 2. The van der Waals surface area contributed by atoms with Gasteiger partial charge in [-0.25, -0.2) is 4.98 Å². The van der Waals surface area contributed by atoms with Crippen LogP contribution in [0.5, 0.6) is 0 Å². The second kappa shape index (κ2) is 7.60. The Hall–Kier alpha value is -3.48. The van der Waals surface area contributed by atoms with E-state index in [0.717, 1.165) is 5.56 Å². The average Bonchev–Trinajstić information content (AvgIpc) is 2.94. The second-order valence-corrected chi connectivity index (χ2v) is 5.78. The fourth-order valence-electron chi connectivity index (χ4n) is 2.48. The molecule has 1 aromatic carbocycles. The minimum atomic E-state index is -0.300. The number of amides is 2. The quantitative estimate of drug-likeness (QED) is 0.737. The van der Waals surface area contributed by atoms with Crippen LogP contribution in [0, 0.1) is 13.8 Å². The molecule has 0 bridgehead atoms. The molecule has 0 spiro atoms. The Balaban J connectivity index is 1.67. The third-order valence-corrected chi connectivity index (χ3v) is 3.83. The largest absolute Gasteiger partial charge is 0.361 e. The predicted octanol–water partition coefficient (Wildman–Crippen LogP) is 3.12. The number of nitrogens with one attached hydrogen (secondary N) is 2. The molecule has 0 aliphatic carbocycles. The number of rotatable bonds is 5. The molecule has 0 radical (unpaired) electrons. The molecule has 3 aromatic rings. The summed E-state index contributed by atoms with van der Waals surface area (Å²) in [6, 6.07) is 12.0. The molecule has 3 rings (SSSR count). The number of anilines is 2. The van der Waals surface area contributed by atoms with Gasteiger partial charge in [0.15, 0.2) is 0 Å². The van der Waals surface area contributed by atoms with E-state index < -0.39 is 0 Å². The molecule has 2 amide bonds. The van der Waals surface area contributed by atoms with Crippen LogP contribution in [0.15, 0.2) is 53.2 Å². The van der Waals surface area contributed by atoms with Gasteiger partial charge in [-0.05, 0) is 44.2 Å². The van der Waals surface area contributed by atoms with Crippen molar-refractivity contribution in [3.63, 3.8) is 0 Å². The van der Waals surface area contributed by atoms with Gasteiger partial charge >= 0.3 is 0 Å². The van der Waals surface area contributed by atoms with Gasteiger partial charge in [0, 0.05) is 23.0 Å². The zero-order valence-corrected chi connectivity index (χ0v) is 14.4. The molecule has 0 atom stereocenters. The van der Waals surface area contributed by atoms with E-state index in [1.165, 1.54) is 0 Å². The first-order chi connectivity index (χ1) is 12.5. The highest BCUT2D eigenvalue weighted by Gasteiger charge is 2.14. The number of carbonyl (C=O) groups is 2. The molecular formula is C19H18N4O3. The van der Waals surface area contributed by atoms with Crippen molar-refractivity contribution in [3.05, 3.63) is 71.2 Å². The van der Waals surface area contributed by atoms with Gasteiger partial charge in [0.05, 0.1) is 12.1 Å². The molecule has 0 saturated heterocycles. The summed E-state index contributed by atoms with van der Waals surface area (Å²) in [5.41, 5.74) is 2.42. The smallest absolute Gasteiger partial charge is 0.256 e. The Labute approximate surface area is 150 Å². The molecular weight excluding hydrogens is 332 g/mol. The van der Waals surface area contributed by atoms with Gasteiger partial charge in [0.1, 0.15) is 11.6 Å². The molecule has 2 heterocycles. The number of aryl methyl sites for hydroxylation is 2. The highest BCUT2D eigenvalue weighted by molar-refractivity contribution is 6.05. The first kappa shape index (κ1) is 17.3. The van der Waals surface area contributed by atoms with E-state index in [0.29, 0.717) is 28.5 Å². The maximum atomic E-state index is 12.3. The molecule has 0 fully saturated rings. The highest BCUT2D eigenvalue weighted by atomic mass is 16.5. The Morgan fingerprint density at radius 2 is 1.92 bits per heavy atom. The topological polar surface area (TPSA) is 97.1 Å². The summed E-state index contributed by atoms with van der Waals surface area (Å²) in [5, 5.41) is 9.34. The minimum absolute atomic E-state index is 0.158. The zero-order chi connectivity index (χ0) is 18.5. The molecule has 2 aromatic heterocycles. The first-order valence-electron chi connectivity index (χ1n) is 8.07. The summed E-state index contributed by atoms with van der Waals surface area (Å²) >= 11 is 0. The van der Waals surface area contributed by atoms with E-state index >= 15 is 0 Å². The Kier molecular flexibility index (Phi) is 5.07. The van der Waals surface area contributed by atoms with Gasteiger partial charge < -0.3 is 15.2 Å². The maximum absolute atomic E-state index is 12.3.